The van der Waals surface area contributed by atoms with E-state index in [-0.39, 0.29) is 23.8 Å². The van der Waals surface area contributed by atoms with Crippen LogP contribution in [0.25, 0.3) is 6.08 Å². The molecule has 0 heterocycles. The molecular formula is C27H23IN2O5. The van der Waals surface area contributed by atoms with Gasteiger partial charge >= 0.3 is 5.97 Å². The van der Waals surface area contributed by atoms with Crippen molar-refractivity contribution in [2.45, 2.75) is 19.6 Å². The fourth-order valence-electron chi connectivity index (χ4n) is 3.33. The predicted octanol–water partition coefficient (Wildman–Crippen LogP) is 5.36. The van der Waals surface area contributed by atoms with Crippen LogP contribution in [0.3, 0.4) is 0 Å². The Morgan fingerprint density at radius 1 is 1.14 bits per heavy atom. The number of nitriles is 1. The number of hydrogen-bond donors (Lipinski definition) is 2. The molecule has 178 valence electrons. The molecule has 0 unspecified atom stereocenters. The molecule has 3 rings (SSSR count). The first kappa shape index (κ1) is 25.8. The van der Waals surface area contributed by atoms with Gasteiger partial charge in [-0.3, -0.25) is 4.79 Å². The van der Waals surface area contributed by atoms with Gasteiger partial charge in [0, 0.05) is 0 Å². The molecule has 1 atom stereocenters. The number of rotatable bonds is 9. The quantitative estimate of drug-likeness (QED) is 0.200. The number of carbonyl (C=O) groups is 2. The van der Waals surface area contributed by atoms with Gasteiger partial charge in [-0.1, -0.05) is 42.5 Å². The van der Waals surface area contributed by atoms with E-state index in [4.69, 9.17) is 14.6 Å². The van der Waals surface area contributed by atoms with Crippen molar-refractivity contribution in [3.8, 4) is 17.6 Å². The number of ether oxygens (including phenoxy) is 2. The Kier molecular flexibility index (Phi) is 8.86. The number of aromatic carboxylic acids is 1. The molecule has 0 saturated carbocycles. The molecular weight excluding hydrogens is 559 g/mol. The summed E-state index contributed by atoms with van der Waals surface area (Å²) in [6.45, 7) is 2.00. The Bertz CT molecular complexity index is 1300. The fraction of sp³-hybridized carbons (Fsp3) is 0.148. The number of nitrogens with zero attached hydrogens (tertiary/aromatic N) is 1. The first-order valence-corrected chi connectivity index (χ1v) is 11.7. The van der Waals surface area contributed by atoms with Crippen LogP contribution in [0, 0.1) is 14.9 Å². The molecule has 7 nitrogen and oxygen atoms in total. The van der Waals surface area contributed by atoms with E-state index < -0.39 is 11.9 Å². The van der Waals surface area contributed by atoms with Crippen LogP contribution < -0.4 is 14.8 Å². The Balaban J connectivity index is 1.79. The monoisotopic (exact) mass is 582 g/mol. The molecule has 35 heavy (non-hydrogen) atoms. The lowest BCUT2D eigenvalue weighted by Crippen LogP contribution is -2.27. The number of nitrogens with one attached hydrogen (secondary N) is 1. The molecule has 0 radical (unpaired) electrons. The fourth-order valence-corrected chi connectivity index (χ4v) is 4.11. The van der Waals surface area contributed by atoms with Crippen molar-refractivity contribution in [2.75, 3.05) is 7.11 Å². The average molecular weight is 582 g/mol. The van der Waals surface area contributed by atoms with Crippen LogP contribution in [0.4, 0.5) is 0 Å². The van der Waals surface area contributed by atoms with Crippen molar-refractivity contribution in [3.63, 3.8) is 0 Å². The molecule has 0 aliphatic carbocycles. The van der Waals surface area contributed by atoms with Gasteiger partial charge in [0.2, 0.25) is 0 Å². The summed E-state index contributed by atoms with van der Waals surface area (Å²) in [7, 11) is 1.50. The molecule has 3 aromatic rings. The second kappa shape index (κ2) is 12.0. The Labute approximate surface area is 217 Å². The summed E-state index contributed by atoms with van der Waals surface area (Å²) >= 11 is 2.09. The van der Waals surface area contributed by atoms with Crippen LogP contribution in [-0.2, 0) is 11.4 Å². The Hall–Kier alpha value is -3.84. The molecule has 3 aromatic carbocycles. The van der Waals surface area contributed by atoms with Gasteiger partial charge in [-0.15, -0.1) is 0 Å². The normalized spacial score (nSPS) is 11.8. The molecule has 8 heteroatoms. The molecule has 0 bridgehead atoms. The van der Waals surface area contributed by atoms with Gasteiger partial charge < -0.3 is 19.9 Å². The maximum atomic E-state index is 12.7. The average Bonchev–Trinajstić information content (AvgIpc) is 2.86. The lowest BCUT2D eigenvalue weighted by molar-refractivity contribution is -0.117. The zero-order valence-corrected chi connectivity index (χ0v) is 21.3. The SMILES string of the molecule is COc1cc(/C=C(/C#N)C(=O)N[C@@H](C)c2ccccc2)cc(I)c1OCc1cccc(C(=O)O)c1. The predicted molar refractivity (Wildman–Crippen MR) is 140 cm³/mol. The lowest BCUT2D eigenvalue weighted by Gasteiger charge is -2.15. The van der Waals surface area contributed by atoms with E-state index in [1.54, 1.807) is 30.3 Å². The second-order valence-electron chi connectivity index (χ2n) is 7.60. The molecule has 2 N–H and O–H groups in total. The minimum absolute atomic E-state index is 0.0372. The van der Waals surface area contributed by atoms with Gasteiger partial charge in [-0.2, -0.15) is 5.26 Å². The summed E-state index contributed by atoms with van der Waals surface area (Å²) in [6.07, 6.45) is 1.50. The van der Waals surface area contributed by atoms with Crippen LogP contribution in [0.1, 0.15) is 40.0 Å². The molecule has 1 amide bonds. The highest BCUT2D eigenvalue weighted by molar-refractivity contribution is 14.1. The highest BCUT2D eigenvalue weighted by Crippen LogP contribution is 2.35. The summed E-state index contributed by atoms with van der Waals surface area (Å²) in [5.41, 5.74) is 2.37. The van der Waals surface area contributed by atoms with Gasteiger partial charge in [0.15, 0.2) is 11.5 Å². The summed E-state index contributed by atoms with van der Waals surface area (Å²) in [6, 6.07) is 21.1. The number of methoxy groups -OCH3 is 1. The van der Waals surface area contributed by atoms with E-state index in [1.165, 1.54) is 19.3 Å². The van der Waals surface area contributed by atoms with Crippen molar-refractivity contribution in [3.05, 3.63) is 98.1 Å². The zero-order chi connectivity index (χ0) is 25.4. The topological polar surface area (TPSA) is 109 Å². The number of carboxylic acid groups (broad SMARTS) is 1. The van der Waals surface area contributed by atoms with Gasteiger partial charge in [-0.25, -0.2) is 4.79 Å². The molecule has 0 spiro atoms. The smallest absolute Gasteiger partial charge is 0.335 e. The third-order valence-corrected chi connectivity index (χ3v) is 5.93. The van der Waals surface area contributed by atoms with E-state index in [0.717, 1.165) is 5.56 Å². The van der Waals surface area contributed by atoms with Crippen molar-refractivity contribution in [1.82, 2.24) is 5.32 Å². The van der Waals surface area contributed by atoms with Crippen LogP contribution >= 0.6 is 22.6 Å². The van der Waals surface area contributed by atoms with Gasteiger partial charge in [0.05, 0.1) is 22.3 Å². The first-order valence-electron chi connectivity index (χ1n) is 10.6. The second-order valence-corrected chi connectivity index (χ2v) is 8.77. The van der Waals surface area contributed by atoms with E-state index in [0.29, 0.717) is 26.2 Å². The van der Waals surface area contributed by atoms with Crippen molar-refractivity contribution >= 4 is 40.5 Å². The lowest BCUT2D eigenvalue weighted by atomic mass is 10.1. The van der Waals surface area contributed by atoms with Crippen molar-refractivity contribution < 1.29 is 24.2 Å². The van der Waals surface area contributed by atoms with E-state index >= 15 is 0 Å². The third-order valence-electron chi connectivity index (χ3n) is 5.13. The minimum Gasteiger partial charge on any atom is -0.493 e. The number of benzene rings is 3. The number of carbonyl (C=O) groups excluding carboxylic acids is 1. The third kappa shape index (κ3) is 6.83. The molecule has 0 saturated heterocycles. The van der Waals surface area contributed by atoms with E-state index in [9.17, 15) is 14.9 Å². The molecule has 0 aliphatic heterocycles. The summed E-state index contributed by atoms with van der Waals surface area (Å²) in [5.74, 6) is -0.582. The number of carboxylic acids is 1. The highest BCUT2D eigenvalue weighted by Gasteiger charge is 2.16. The summed E-state index contributed by atoms with van der Waals surface area (Å²) in [4.78, 5) is 23.9. The standard InChI is InChI=1S/C27H23IN2O5/c1-17(20-8-4-3-5-9-20)30-26(31)22(15-29)12-19-13-23(28)25(24(14-19)34-2)35-16-18-7-6-10-21(11-18)27(32)33/h3-14,17H,16H2,1-2H3,(H,30,31)(H,32,33)/b22-12-/t17-/m0/s1. The molecule has 0 aromatic heterocycles. The van der Waals surface area contributed by atoms with Crippen molar-refractivity contribution in [2.24, 2.45) is 0 Å². The van der Waals surface area contributed by atoms with Crippen LogP contribution in [-0.4, -0.2) is 24.1 Å². The first-order chi connectivity index (χ1) is 16.8. The maximum absolute atomic E-state index is 12.7. The largest absolute Gasteiger partial charge is 0.493 e. The maximum Gasteiger partial charge on any atom is 0.335 e. The van der Waals surface area contributed by atoms with Crippen molar-refractivity contribution in [1.29, 1.82) is 5.26 Å². The minimum atomic E-state index is -1.01. The summed E-state index contributed by atoms with van der Waals surface area (Å²) < 4.78 is 12.1. The van der Waals surface area contributed by atoms with Gasteiger partial charge in [0.25, 0.3) is 5.91 Å². The van der Waals surface area contributed by atoms with E-state index in [2.05, 4.69) is 27.9 Å². The van der Waals surface area contributed by atoms with Gasteiger partial charge in [-0.05, 0) is 76.5 Å². The zero-order valence-electron chi connectivity index (χ0n) is 19.1. The Morgan fingerprint density at radius 3 is 2.54 bits per heavy atom. The number of hydrogen-bond acceptors (Lipinski definition) is 5. The van der Waals surface area contributed by atoms with Crippen LogP contribution in [0.15, 0.2) is 72.3 Å². The highest BCUT2D eigenvalue weighted by atomic mass is 127. The molecule has 0 aliphatic rings. The molecule has 0 fully saturated rings. The van der Waals surface area contributed by atoms with E-state index in [1.807, 2.05) is 43.3 Å². The number of amides is 1. The summed E-state index contributed by atoms with van der Waals surface area (Å²) in [5, 5.41) is 21.6. The van der Waals surface area contributed by atoms with Crippen LogP contribution in [0.5, 0.6) is 11.5 Å². The number of halogens is 1. The van der Waals surface area contributed by atoms with Gasteiger partial charge in [0.1, 0.15) is 18.2 Å². The van der Waals surface area contributed by atoms with Crippen LogP contribution in [0.2, 0.25) is 0 Å². The Morgan fingerprint density at radius 2 is 1.89 bits per heavy atom.